The minimum absolute atomic E-state index is 0.0945. The zero-order valence-corrected chi connectivity index (χ0v) is 15.9. The summed E-state index contributed by atoms with van der Waals surface area (Å²) in [4.78, 5) is 28.6. The number of ether oxygens (including phenoxy) is 3. The Morgan fingerprint density at radius 2 is 1.81 bits per heavy atom. The minimum atomic E-state index is -0.657. The van der Waals surface area contributed by atoms with Crippen molar-refractivity contribution in [3.05, 3.63) is 53.7 Å². The van der Waals surface area contributed by atoms with E-state index in [0.29, 0.717) is 17.1 Å². The summed E-state index contributed by atoms with van der Waals surface area (Å²) in [5, 5.41) is 2.86. The second kappa shape index (κ2) is 9.02. The molecule has 0 spiro atoms. The Hall–Kier alpha value is -3.09. The Morgan fingerprint density at radius 1 is 1.11 bits per heavy atom. The Bertz CT molecular complexity index is 785. The molecule has 2 rings (SSSR count). The highest BCUT2D eigenvalue weighted by Crippen LogP contribution is 2.22. The summed E-state index contributed by atoms with van der Waals surface area (Å²) in [5.74, 6) is -0.146. The number of hydrogen-bond donors (Lipinski definition) is 1. The van der Waals surface area contributed by atoms with Gasteiger partial charge in [-0.25, -0.2) is 14.6 Å². The number of hydrogen-bond acceptors (Lipinski definition) is 7. The Morgan fingerprint density at radius 3 is 2.44 bits per heavy atom. The average Bonchev–Trinajstić information content (AvgIpc) is 2.63. The number of benzene rings is 1. The third kappa shape index (κ3) is 6.29. The smallest absolute Gasteiger partial charge is 0.344 e. The van der Waals surface area contributed by atoms with Gasteiger partial charge in [0.15, 0.2) is 6.61 Å². The van der Waals surface area contributed by atoms with Crippen LogP contribution in [0.5, 0.6) is 5.75 Å². The third-order valence-corrected chi connectivity index (χ3v) is 3.37. The molecular weight excluding hydrogens is 348 g/mol. The summed E-state index contributed by atoms with van der Waals surface area (Å²) in [5.41, 5.74) is 0.0819. The molecular formula is C20H24N2O5. The first kappa shape index (κ1) is 20.2. The first-order valence-electron chi connectivity index (χ1n) is 8.52. The molecule has 7 heteroatoms. The molecule has 0 aliphatic carbocycles. The standard InChI is InChI=1S/C20H24N2O5/c1-20(2,3)27-19(24)17-14(10-11-22-18(17)21-4)12-26-16(23)13-25-15-8-6-5-7-9-15/h5-11H,12-13H2,1-4H3,(H,21,22). The molecule has 2 aromatic rings. The quantitative estimate of drug-likeness (QED) is 0.747. The summed E-state index contributed by atoms with van der Waals surface area (Å²) in [7, 11) is 1.65. The zero-order valence-electron chi connectivity index (χ0n) is 15.9. The van der Waals surface area contributed by atoms with Gasteiger partial charge in [-0.1, -0.05) is 18.2 Å². The molecule has 0 fully saturated rings. The molecule has 0 bridgehead atoms. The third-order valence-electron chi connectivity index (χ3n) is 3.37. The predicted octanol–water partition coefficient (Wildman–Crippen LogP) is 3.20. The average molecular weight is 372 g/mol. The van der Waals surface area contributed by atoms with Crippen LogP contribution in [0, 0.1) is 0 Å². The van der Waals surface area contributed by atoms with Gasteiger partial charge in [0.2, 0.25) is 0 Å². The molecule has 144 valence electrons. The van der Waals surface area contributed by atoms with Gasteiger partial charge in [-0.05, 0) is 39.0 Å². The molecule has 1 N–H and O–H groups in total. The van der Waals surface area contributed by atoms with E-state index in [9.17, 15) is 9.59 Å². The number of para-hydroxylation sites is 1. The van der Waals surface area contributed by atoms with Crippen molar-refractivity contribution in [2.75, 3.05) is 19.0 Å². The lowest BCUT2D eigenvalue weighted by atomic mass is 10.1. The molecule has 1 heterocycles. The van der Waals surface area contributed by atoms with Crippen LogP contribution in [0.15, 0.2) is 42.6 Å². The molecule has 0 saturated heterocycles. The van der Waals surface area contributed by atoms with Gasteiger partial charge in [-0.3, -0.25) is 0 Å². The van der Waals surface area contributed by atoms with Crippen LogP contribution in [0.1, 0.15) is 36.7 Å². The second-order valence-corrected chi connectivity index (χ2v) is 6.71. The van der Waals surface area contributed by atoms with E-state index in [1.54, 1.807) is 46.0 Å². The summed E-state index contributed by atoms with van der Waals surface area (Å²) >= 11 is 0. The van der Waals surface area contributed by atoms with Crippen molar-refractivity contribution in [3.63, 3.8) is 0 Å². The molecule has 0 aliphatic heterocycles. The van der Waals surface area contributed by atoms with Gasteiger partial charge in [0.1, 0.15) is 29.3 Å². The number of pyridine rings is 1. The minimum Gasteiger partial charge on any atom is -0.482 e. The van der Waals surface area contributed by atoms with Gasteiger partial charge in [-0.15, -0.1) is 0 Å². The van der Waals surface area contributed by atoms with E-state index < -0.39 is 17.5 Å². The number of carbonyl (C=O) groups excluding carboxylic acids is 2. The van der Waals surface area contributed by atoms with Crippen molar-refractivity contribution >= 4 is 17.8 Å². The first-order valence-corrected chi connectivity index (χ1v) is 8.52. The fourth-order valence-electron chi connectivity index (χ4n) is 2.23. The van der Waals surface area contributed by atoms with Gasteiger partial charge in [0.05, 0.1) is 0 Å². The van der Waals surface area contributed by atoms with Crippen LogP contribution in [0.2, 0.25) is 0 Å². The maximum Gasteiger partial charge on any atom is 0.344 e. The van der Waals surface area contributed by atoms with Crippen LogP contribution in [0.25, 0.3) is 0 Å². The van der Waals surface area contributed by atoms with E-state index in [1.807, 2.05) is 18.2 Å². The van der Waals surface area contributed by atoms with Crippen LogP contribution >= 0.6 is 0 Å². The molecule has 0 aliphatic rings. The predicted molar refractivity (Wildman–Crippen MR) is 101 cm³/mol. The van der Waals surface area contributed by atoms with Crippen LogP contribution in [0.3, 0.4) is 0 Å². The van der Waals surface area contributed by atoms with Crippen molar-refractivity contribution < 1.29 is 23.8 Å². The number of aromatic nitrogens is 1. The van der Waals surface area contributed by atoms with E-state index >= 15 is 0 Å². The SMILES string of the molecule is CNc1nccc(COC(=O)COc2ccccc2)c1C(=O)OC(C)(C)C. The molecule has 27 heavy (non-hydrogen) atoms. The lowest BCUT2D eigenvalue weighted by molar-refractivity contribution is -0.147. The van der Waals surface area contributed by atoms with Crippen molar-refractivity contribution in [2.45, 2.75) is 33.0 Å². The molecule has 0 atom stereocenters. The molecule has 0 amide bonds. The van der Waals surface area contributed by atoms with Crippen molar-refractivity contribution in [1.82, 2.24) is 4.98 Å². The molecule has 0 radical (unpaired) electrons. The van der Waals surface area contributed by atoms with Gasteiger partial charge in [0, 0.05) is 18.8 Å². The fraction of sp³-hybridized carbons (Fsp3) is 0.350. The van der Waals surface area contributed by atoms with E-state index in [0.717, 1.165) is 0 Å². The highest BCUT2D eigenvalue weighted by molar-refractivity contribution is 5.96. The number of nitrogens with zero attached hydrogens (tertiary/aromatic N) is 1. The number of rotatable bonds is 7. The van der Waals surface area contributed by atoms with Gasteiger partial charge >= 0.3 is 11.9 Å². The Kier molecular flexibility index (Phi) is 6.76. The molecule has 7 nitrogen and oxygen atoms in total. The molecule has 0 unspecified atom stereocenters. The zero-order chi connectivity index (χ0) is 19.9. The number of anilines is 1. The van der Waals surface area contributed by atoms with Crippen LogP contribution in [0.4, 0.5) is 5.82 Å². The van der Waals surface area contributed by atoms with E-state index in [4.69, 9.17) is 14.2 Å². The Labute approximate surface area is 158 Å². The number of esters is 2. The number of carbonyl (C=O) groups is 2. The maximum atomic E-state index is 12.5. The second-order valence-electron chi connectivity index (χ2n) is 6.71. The number of nitrogens with one attached hydrogen (secondary N) is 1. The summed E-state index contributed by atoms with van der Waals surface area (Å²) < 4.78 is 16.0. The van der Waals surface area contributed by atoms with Gasteiger partial charge < -0.3 is 19.5 Å². The lowest BCUT2D eigenvalue weighted by Gasteiger charge is -2.21. The highest BCUT2D eigenvalue weighted by Gasteiger charge is 2.24. The summed E-state index contributed by atoms with van der Waals surface area (Å²) in [6.07, 6.45) is 1.53. The highest BCUT2D eigenvalue weighted by atomic mass is 16.6. The van der Waals surface area contributed by atoms with Crippen molar-refractivity contribution in [1.29, 1.82) is 0 Å². The fourth-order valence-corrected chi connectivity index (χ4v) is 2.23. The van der Waals surface area contributed by atoms with E-state index in [2.05, 4.69) is 10.3 Å². The Balaban J connectivity index is 2.05. The summed E-state index contributed by atoms with van der Waals surface area (Å²) in [6, 6.07) is 10.6. The largest absolute Gasteiger partial charge is 0.482 e. The van der Waals surface area contributed by atoms with Crippen molar-refractivity contribution in [3.8, 4) is 5.75 Å². The molecule has 1 aromatic heterocycles. The summed E-state index contributed by atoms with van der Waals surface area (Å²) in [6.45, 7) is 5.02. The molecule has 0 saturated carbocycles. The van der Waals surface area contributed by atoms with Crippen molar-refractivity contribution in [2.24, 2.45) is 0 Å². The van der Waals surface area contributed by atoms with Crippen LogP contribution in [-0.2, 0) is 20.9 Å². The molecule has 1 aromatic carbocycles. The first-order chi connectivity index (χ1) is 12.8. The van der Waals surface area contributed by atoms with E-state index in [-0.39, 0.29) is 18.8 Å². The monoisotopic (exact) mass is 372 g/mol. The lowest BCUT2D eigenvalue weighted by Crippen LogP contribution is -2.26. The maximum absolute atomic E-state index is 12.5. The van der Waals surface area contributed by atoms with Crippen LogP contribution in [-0.4, -0.2) is 36.2 Å². The topological polar surface area (TPSA) is 86.8 Å². The van der Waals surface area contributed by atoms with Crippen LogP contribution < -0.4 is 10.1 Å². The normalized spacial score (nSPS) is 10.8. The van der Waals surface area contributed by atoms with Gasteiger partial charge in [0.25, 0.3) is 0 Å². The van der Waals surface area contributed by atoms with E-state index in [1.165, 1.54) is 6.20 Å². The van der Waals surface area contributed by atoms with Gasteiger partial charge in [-0.2, -0.15) is 0 Å².